The third-order valence-corrected chi connectivity index (χ3v) is 4.94. The summed E-state index contributed by atoms with van der Waals surface area (Å²) >= 11 is 0. The lowest BCUT2D eigenvalue weighted by Gasteiger charge is -2.27. The second-order valence-electron chi connectivity index (χ2n) is 6.04. The van der Waals surface area contributed by atoms with Gasteiger partial charge in [-0.05, 0) is 50.3 Å². The van der Waals surface area contributed by atoms with Crippen LogP contribution in [0.1, 0.15) is 38.2 Å². The molecule has 7 nitrogen and oxygen atoms in total. The van der Waals surface area contributed by atoms with E-state index in [9.17, 15) is 13.5 Å². The van der Waals surface area contributed by atoms with Crippen LogP contribution in [0.25, 0.3) is 0 Å². The van der Waals surface area contributed by atoms with Crippen molar-refractivity contribution in [2.24, 2.45) is 10.1 Å². The van der Waals surface area contributed by atoms with Gasteiger partial charge < -0.3 is 15.7 Å². The molecule has 1 aliphatic rings. The third kappa shape index (κ3) is 5.77. The molecule has 0 spiro atoms. The maximum Gasteiger partial charge on any atom is 0.238 e. The Morgan fingerprint density at radius 2 is 2.04 bits per heavy atom. The molecule has 0 aromatic heterocycles. The van der Waals surface area contributed by atoms with Gasteiger partial charge in [0, 0.05) is 12.6 Å². The molecule has 5 N–H and O–H groups in total. The molecule has 24 heavy (non-hydrogen) atoms. The first-order chi connectivity index (χ1) is 11.4. The Morgan fingerprint density at radius 1 is 1.33 bits per heavy atom. The Morgan fingerprint density at radius 3 is 2.67 bits per heavy atom. The molecule has 0 saturated heterocycles. The van der Waals surface area contributed by atoms with E-state index >= 15 is 0 Å². The highest BCUT2D eigenvalue weighted by Crippen LogP contribution is 2.18. The zero-order valence-electron chi connectivity index (χ0n) is 13.9. The van der Waals surface area contributed by atoms with Crippen molar-refractivity contribution in [3.63, 3.8) is 0 Å². The highest BCUT2D eigenvalue weighted by Gasteiger charge is 2.19. The molecule has 134 valence electrons. The molecule has 0 amide bonds. The second kappa shape index (κ2) is 8.46. The molecule has 0 radical (unpaired) electrons. The molecule has 1 aromatic rings. The Kier molecular flexibility index (Phi) is 6.59. The van der Waals surface area contributed by atoms with Gasteiger partial charge in [-0.25, -0.2) is 18.5 Å². The van der Waals surface area contributed by atoms with E-state index in [1.54, 1.807) is 12.1 Å². The third-order valence-electron chi connectivity index (χ3n) is 4.03. The Bertz CT molecular complexity index is 668. The molecule has 0 atom stereocenters. The Hall–Kier alpha value is -1.64. The smallest absolute Gasteiger partial charge is 0.238 e. The van der Waals surface area contributed by atoms with Crippen LogP contribution in [-0.4, -0.2) is 38.2 Å². The van der Waals surface area contributed by atoms with Crippen LogP contribution in [0, 0.1) is 0 Å². The fourth-order valence-electron chi connectivity index (χ4n) is 2.72. The zero-order valence-corrected chi connectivity index (χ0v) is 14.7. The van der Waals surface area contributed by atoms with E-state index < -0.39 is 10.0 Å². The minimum absolute atomic E-state index is 0.0921. The number of nitrogens with zero attached hydrogens (tertiary/aromatic N) is 1. The predicted molar refractivity (Wildman–Crippen MR) is 94.0 cm³/mol. The lowest BCUT2D eigenvalue weighted by Crippen LogP contribution is -2.45. The van der Waals surface area contributed by atoms with Crippen molar-refractivity contribution in [1.82, 2.24) is 10.6 Å². The summed E-state index contributed by atoms with van der Waals surface area (Å²) in [5.74, 6) is 0.694. The quantitative estimate of drug-likeness (QED) is 0.458. The molecule has 2 rings (SSSR count). The number of hydrogen-bond donors (Lipinski definition) is 4. The van der Waals surface area contributed by atoms with E-state index in [4.69, 9.17) is 5.14 Å². The van der Waals surface area contributed by atoms with Gasteiger partial charge in [-0.15, -0.1) is 0 Å². The van der Waals surface area contributed by atoms with Gasteiger partial charge in [-0.3, -0.25) is 0 Å². The van der Waals surface area contributed by atoms with E-state index in [1.807, 2.05) is 13.0 Å². The highest BCUT2D eigenvalue weighted by atomic mass is 32.2. The molecule has 0 heterocycles. The van der Waals surface area contributed by atoms with Crippen LogP contribution in [0.2, 0.25) is 0 Å². The van der Waals surface area contributed by atoms with Crippen molar-refractivity contribution < 1.29 is 13.5 Å². The van der Waals surface area contributed by atoms with Crippen LogP contribution in [-0.2, 0) is 16.6 Å². The SMILES string of the molecule is CCNC(=NCc1cccc(S(N)(=O)=O)c1)NC1CCC(O)CC1. The van der Waals surface area contributed by atoms with Crippen LogP contribution in [0.4, 0.5) is 0 Å². The van der Waals surface area contributed by atoms with Crippen molar-refractivity contribution >= 4 is 16.0 Å². The average molecular weight is 354 g/mol. The topological polar surface area (TPSA) is 117 Å². The van der Waals surface area contributed by atoms with Gasteiger partial charge in [0.15, 0.2) is 5.96 Å². The van der Waals surface area contributed by atoms with Gasteiger partial charge >= 0.3 is 0 Å². The summed E-state index contributed by atoms with van der Waals surface area (Å²) in [6.07, 6.45) is 3.23. The molecule has 0 unspecified atom stereocenters. The summed E-state index contributed by atoms with van der Waals surface area (Å²) in [6.45, 7) is 3.08. The maximum atomic E-state index is 11.4. The number of hydrogen-bond acceptors (Lipinski definition) is 4. The molecule has 1 aliphatic carbocycles. The summed E-state index contributed by atoms with van der Waals surface area (Å²) in [4.78, 5) is 4.61. The number of aliphatic imine (C=N–C) groups is 1. The van der Waals surface area contributed by atoms with Crippen LogP contribution in [0.3, 0.4) is 0 Å². The number of nitrogens with one attached hydrogen (secondary N) is 2. The summed E-state index contributed by atoms with van der Waals surface area (Å²) in [5.41, 5.74) is 0.776. The fourth-order valence-corrected chi connectivity index (χ4v) is 3.31. The number of aliphatic hydroxyl groups is 1. The van der Waals surface area contributed by atoms with Crippen LogP contribution in [0.5, 0.6) is 0 Å². The number of rotatable bonds is 5. The molecule has 1 fully saturated rings. The van der Waals surface area contributed by atoms with Gasteiger partial charge in [-0.2, -0.15) is 0 Å². The molecule has 0 bridgehead atoms. The molecule has 8 heteroatoms. The van der Waals surface area contributed by atoms with Crippen molar-refractivity contribution in [1.29, 1.82) is 0 Å². The van der Waals surface area contributed by atoms with Crippen molar-refractivity contribution in [2.45, 2.75) is 56.2 Å². The molecule has 1 aromatic carbocycles. The number of primary sulfonamides is 1. The van der Waals surface area contributed by atoms with Crippen LogP contribution < -0.4 is 15.8 Å². The average Bonchev–Trinajstić information content (AvgIpc) is 2.54. The second-order valence-corrected chi connectivity index (χ2v) is 7.60. The first-order valence-corrected chi connectivity index (χ1v) is 9.77. The number of sulfonamides is 1. The van der Waals surface area contributed by atoms with Crippen molar-refractivity contribution in [3.8, 4) is 0 Å². The number of benzene rings is 1. The molecular weight excluding hydrogens is 328 g/mol. The lowest BCUT2D eigenvalue weighted by molar-refractivity contribution is 0.120. The van der Waals surface area contributed by atoms with E-state index in [1.165, 1.54) is 6.07 Å². The number of nitrogens with two attached hydrogens (primary N) is 1. The van der Waals surface area contributed by atoms with E-state index in [0.29, 0.717) is 18.5 Å². The summed E-state index contributed by atoms with van der Waals surface area (Å²) < 4.78 is 22.8. The number of guanidine groups is 1. The minimum Gasteiger partial charge on any atom is -0.393 e. The number of aliphatic hydroxyl groups excluding tert-OH is 1. The summed E-state index contributed by atoms with van der Waals surface area (Å²) in [5, 5.41) is 21.3. The monoisotopic (exact) mass is 354 g/mol. The first-order valence-electron chi connectivity index (χ1n) is 8.23. The van der Waals surface area contributed by atoms with Gasteiger partial charge in [0.05, 0.1) is 17.5 Å². The van der Waals surface area contributed by atoms with E-state index in [2.05, 4.69) is 15.6 Å². The van der Waals surface area contributed by atoms with Crippen LogP contribution >= 0.6 is 0 Å². The Balaban J connectivity index is 2.03. The van der Waals surface area contributed by atoms with Gasteiger partial charge in [0.1, 0.15) is 0 Å². The molecule has 0 aliphatic heterocycles. The minimum atomic E-state index is -3.71. The summed E-state index contributed by atoms with van der Waals surface area (Å²) in [7, 11) is -3.71. The highest BCUT2D eigenvalue weighted by molar-refractivity contribution is 7.89. The largest absolute Gasteiger partial charge is 0.393 e. The standard InChI is InChI=1S/C16H26N4O3S/c1-2-18-16(20-13-6-8-14(21)9-7-13)19-11-12-4-3-5-15(10-12)24(17,22)23/h3-5,10,13-14,21H,2,6-9,11H2,1H3,(H2,17,22,23)(H2,18,19,20). The normalized spacial score (nSPS) is 22.2. The Labute approximate surface area is 143 Å². The summed E-state index contributed by atoms with van der Waals surface area (Å²) in [6, 6.07) is 6.78. The van der Waals surface area contributed by atoms with E-state index in [0.717, 1.165) is 37.8 Å². The fraction of sp³-hybridized carbons (Fsp3) is 0.562. The van der Waals surface area contributed by atoms with Gasteiger partial charge in [0.2, 0.25) is 10.0 Å². The molecular formula is C16H26N4O3S. The lowest BCUT2D eigenvalue weighted by atomic mass is 9.93. The van der Waals surface area contributed by atoms with Crippen LogP contribution in [0.15, 0.2) is 34.2 Å². The first kappa shape index (κ1) is 18.7. The van der Waals surface area contributed by atoms with Crippen molar-refractivity contribution in [3.05, 3.63) is 29.8 Å². The van der Waals surface area contributed by atoms with E-state index in [-0.39, 0.29) is 11.0 Å². The zero-order chi connectivity index (χ0) is 17.6. The van der Waals surface area contributed by atoms with Crippen molar-refractivity contribution in [2.75, 3.05) is 6.54 Å². The maximum absolute atomic E-state index is 11.4. The molecule has 1 saturated carbocycles. The predicted octanol–water partition coefficient (Wildman–Crippen LogP) is 0.693. The van der Waals surface area contributed by atoms with Gasteiger partial charge in [0.25, 0.3) is 0 Å². The van der Waals surface area contributed by atoms with Gasteiger partial charge in [-0.1, -0.05) is 12.1 Å².